The molecule has 3 nitrogen and oxygen atoms in total. The van der Waals surface area contributed by atoms with Gasteiger partial charge in [-0.3, -0.25) is 4.79 Å². The van der Waals surface area contributed by atoms with Crippen LogP contribution in [0, 0.1) is 20.8 Å². The summed E-state index contributed by atoms with van der Waals surface area (Å²) in [7, 11) is 0. The molecule has 3 heteroatoms. The second-order valence-electron chi connectivity index (χ2n) is 4.90. The largest absolute Gasteiger partial charge is 0.478 e. The minimum Gasteiger partial charge on any atom is -0.478 e. The number of carbonyl (C=O) groups is 2. The zero-order valence-corrected chi connectivity index (χ0v) is 11.7. The molecule has 2 aromatic carbocycles. The summed E-state index contributed by atoms with van der Waals surface area (Å²) in [6.07, 6.45) is 0. The Labute approximate surface area is 117 Å². The predicted octanol–water partition coefficient (Wildman–Crippen LogP) is 3.54. The van der Waals surface area contributed by atoms with E-state index in [1.54, 1.807) is 18.2 Å². The highest BCUT2D eigenvalue weighted by Gasteiger charge is 2.15. The number of aromatic carboxylic acids is 1. The first kappa shape index (κ1) is 14.0. The highest BCUT2D eigenvalue weighted by Crippen LogP contribution is 2.20. The van der Waals surface area contributed by atoms with Crippen LogP contribution in [0.3, 0.4) is 0 Å². The lowest BCUT2D eigenvalue weighted by molar-refractivity contribution is 0.0697. The molecule has 2 rings (SSSR count). The van der Waals surface area contributed by atoms with Gasteiger partial charge in [-0.2, -0.15) is 0 Å². The molecule has 0 amide bonds. The Kier molecular flexibility index (Phi) is 3.70. The number of carbonyl (C=O) groups excluding carboxylic acids is 1. The highest BCUT2D eigenvalue weighted by molar-refractivity contribution is 6.10. The van der Waals surface area contributed by atoms with Gasteiger partial charge < -0.3 is 5.11 Å². The van der Waals surface area contributed by atoms with E-state index in [9.17, 15) is 9.59 Å². The van der Waals surface area contributed by atoms with Crippen LogP contribution in [0.25, 0.3) is 0 Å². The van der Waals surface area contributed by atoms with E-state index in [2.05, 4.69) is 0 Å². The Hall–Kier alpha value is -2.42. The average molecular weight is 268 g/mol. The normalized spacial score (nSPS) is 10.3. The maximum atomic E-state index is 12.5. The molecule has 0 aliphatic carbocycles. The van der Waals surface area contributed by atoms with Crippen molar-refractivity contribution in [2.24, 2.45) is 0 Å². The number of ketones is 1. The molecule has 0 atom stereocenters. The van der Waals surface area contributed by atoms with Crippen LogP contribution in [0.5, 0.6) is 0 Å². The zero-order chi connectivity index (χ0) is 14.9. The van der Waals surface area contributed by atoms with E-state index in [0.717, 1.165) is 16.7 Å². The number of benzene rings is 2. The van der Waals surface area contributed by atoms with Crippen LogP contribution in [-0.4, -0.2) is 16.9 Å². The summed E-state index contributed by atoms with van der Waals surface area (Å²) in [6.45, 7) is 5.90. The smallest absolute Gasteiger partial charge is 0.335 e. The molecule has 0 saturated carbocycles. The van der Waals surface area contributed by atoms with E-state index in [1.807, 2.05) is 26.8 Å². The molecule has 0 aliphatic heterocycles. The molecule has 0 heterocycles. The lowest BCUT2D eigenvalue weighted by Gasteiger charge is -2.10. The van der Waals surface area contributed by atoms with Crippen LogP contribution >= 0.6 is 0 Å². The van der Waals surface area contributed by atoms with E-state index in [1.165, 1.54) is 12.1 Å². The van der Waals surface area contributed by atoms with Gasteiger partial charge in [0.25, 0.3) is 0 Å². The first-order chi connectivity index (χ1) is 9.41. The van der Waals surface area contributed by atoms with Crippen molar-refractivity contribution in [3.63, 3.8) is 0 Å². The fourth-order valence-electron chi connectivity index (χ4n) is 2.15. The zero-order valence-electron chi connectivity index (χ0n) is 11.7. The second-order valence-corrected chi connectivity index (χ2v) is 4.90. The minimum absolute atomic E-state index is 0.123. The van der Waals surface area contributed by atoms with E-state index in [0.29, 0.717) is 11.1 Å². The Morgan fingerprint density at radius 3 is 2.20 bits per heavy atom. The molecular weight excluding hydrogens is 252 g/mol. The number of rotatable bonds is 3. The van der Waals surface area contributed by atoms with Gasteiger partial charge in [0.15, 0.2) is 5.78 Å². The van der Waals surface area contributed by atoms with Gasteiger partial charge in [-0.15, -0.1) is 0 Å². The summed E-state index contributed by atoms with van der Waals surface area (Å²) < 4.78 is 0. The van der Waals surface area contributed by atoms with Crippen molar-refractivity contribution in [3.8, 4) is 0 Å². The Morgan fingerprint density at radius 1 is 0.900 bits per heavy atom. The fraction of sp³-hybridized carbons (Fsp3) is 0.176. The summed E-state index contributed by atoms with van der Waals surface area (Å²) in [4.78, 5) is 23.5. The third kappa shape index (κ3) is 2.48. The molecule has 102 valence electrons. The van der Waals surface area contributed by atoms with E-state index >= 15 is 0 Å². The van der Waals surface area contributed by atoms with E-state index < -0.39 is 5.97 Å². The number of hydrogen-bond acceptors (Lipinski definition) is 2. The molecule has 0 saturated heterocycles. The van der Waals surface area contributed by atoms with Crippen LogP contribution in [0.1, 0.15) is 43.0 Å². The van der Waals surface area contributed by atoms with Crippen molar-refractivity contribution < 1.29 is 14.7 Å². The van der Waals surface area contributed by atoms with Crippen LogP contribution in [0.4, 0.5) is 0 Å². The lowest BCUT2D eigenvalue weighted by atomic mass is 9.93. The van der Waals surface area contributed by atoms with Crippen LogP contribution in [0.2, 0.25) is 0 Å². The van der Waals surface area contributed by atoms with E-state index in [4.69, 9.17) is 5.11 Å². The summed E-state index contributed by atoms with van der Waals surface area (Å²) in [5.41, 5.74) is 4.31. The number of carboxylic acids is 1. The second kappa shape index (κ2) is 5.29. The molecule has 2 aromatic rings. The van der Waals surface area contributed by atoms with Crippen molar-refractivity contribution in [1.29, 1.82) is 0 Å². The average Bonchev–Trinajstić information content (AvgIpc) is 2.44. The molecule has 0 unspecified atom stereocenters. The molecular formula is C17H16O3. The summed E-state index contributed by atoms with van der Waals surface area (Å²) in [6, 6.07) is 9.84. The minimum atomic E-state index is -1.03. The number of carboxylic acid groups (broad SMARTS) is 1. The summed E-state index contributed by atoms with van der Waals surface area (Å²) in [5, 5.41) is 8.99. The molecule has 0 aromatic heterocycles. The van der Waals surface area contributed by atoms with Gasteiger partial charge in [0.05, 0.1) is 5.56 Å². The predicted molar refractivity (Wildman–Crippen MR) is 77.5 cm³/mol. The molecule has 0 aliphatic rings. The third-order valence-electron chi connectivity index (χ3n) is 3.67. The molecule has 0 spiro atoms. The first-order valence-electron chi connectivity index (χ1n) is 6.36. The molecule has 0 radical (unpaired) electrons. The van der Waals surface area contributed by atoms with Gasteiger partial charge in [-0.25, -0.2) is 4.79 Å². The topological polar surface area (TPSA) is 54.4 Å². The van der Waals surface area contributed by atoms with Gasteiger partial charge >= 0.3 is 5.97 Å². The van der Waals surface area contributed by atoms with Crippen molar-refractivity contribution in [2.45, 2.75) is 20.8 Å². The number of hydrogen-bond donors (Lipinski definition) is 1. The van der Waals surface area contributed by atoms with Crippen LogP contribution in [-0.2, 0) is 0 Å². The molecule has 20 heavy (non-hydrogen) atoms. The van der Waals surface area contributed by atoms with Crippen molar-refractivity contribution in [2.75, 3.05) is 0 Å². The Balaban J connectivity index is 2.49. The Morgan fingerprint density at radius 2 is 1.55 bits per heavy atom. The number of aryl methyl sites for hydroxylation is 1. The maximum Gasteiger partial charge on any atom is 0.335 e. The van der Waals surface area contributed by atoms with Crippen molar-refractivity contribution in [3.05, 3.63) is 69.8 Å². The maximum absolute atomic E-state index is 12.5. The van der Waals surface area contributed by atoms with Gasteiger partial charge in [0.2, 0.25) is 0 Å². The van der Waals surface area contributed by atoms with Gasteiger partial charge in [0.1, 0.15) is 0 Å². The molecule has 1 N–H and O–H groups in total. The van der Waals surface area contributed by atoms with Crippen LogP contribution in [0.15, 0.2) is 36.4 Å². The van der Waals surface area contributed by atoms with Crippen molar-refractivity contribution >= 4 is 11.8 Å². The van der Waals surface area contributed by atoms with Gasteiger partial charge in [-0.1, -0.05) is 24.3 Å². The first-order valence-corrected chi connectivity index (χ1v) is 6.36. The molecule has 0 bridgehead atoms. The fourth-order valence-corrected chi connectivity index (χ4v) is 2.15. The van der Waals surface area contributed by atoms with Gasteiger partial charge in [0, 0.05) is 11.1 Å². The lowest BCUT2D eigenvalue weighted by Crippen LogP contribution is -2.07. The summed E-state index contributed by atoms with van der Waals surface area (Å²) >= 11 is 0. The van der Waals surface area contributed by atoms with Crippen LogP contribution < -0.4 is 0 Å². The highest BCUT2D eigenvalue weighted by atomic mass is 16.4. The summed E-state index contributed by atoms with van der Waals surface area (Å²) in [5.74, 6) is -1.18. The monoisotopic (exact) mass is 268 g/mol. The third-order valence-corrected chi connectivity index (χ3v) is 3.67. The quantitative estimate of drug-likeness (QED) is 0.866. The molecule has 0 fully saturated rings. The van der Waals surface area contributed by atoms with Gasteiger partial charge in [-0.05, 0) is 49.6 Å². The standard InChI is InChI=1S/C17H16O3/c1-10-7-8-15(12(3)11(10)2)16(18)13-5-4-6-14(9-13)17(19)20/h4-9H,1-3H3,(H,19,20). The SMILES string of the molecule is Cc1ccc(C(=O)c2cccc(C(=O)O)c2)c(C)c1C. The van der Waals surface area contributed by atoms with Crippen molar-refractivity contribution in [1.82, 2.24) is 0 Å². The Bertz CT molecular complexity index is 699. The van der Waals surface area contributed by atoms with E-state index in [-0.39, 0.29) is 11.3 Å².